The molecule has 0 radical (unpaired) electrons. The van der Waals surface area contributed by atoms with Crippen molar-refractivity contribution in [2.45, 2.75) is 18.9 Å². The number of carboxylic acids is 1. The quantitative estimate of drug-likeness (QED) is 0.618. The van der Waals surface area contributed by atoms with Gasteiger partial charge in [0.1, 0.15) is 0 Å². The average Bonchev–Trinajstić information content (AvgIpc) is 2.34. The molecule has 6 heteroatoms. The Balaban J connectivity index is 2.47. The van der Waals surface area contributed by atoms with Crippen molar-refractivity contribution < 1.29 is 18.3 Å². The van der Waals surface area contributed by atoms with Crippen LogP contribution in [0.1, 0.15) is 12.8 Å². The smallest absolute Gasteiger partial charge is 0.320 e. The Morgan fingerprint density at radius 2 is 2.00 bits per heavy atom. The Labute approximate surface area is 76.5 Å². The molecule has 1 aliphatic carbocycles. The van der Waals surface area contributed by atoms with Gasteiger partial charge in [-0.05, 0) is 12.8 Å². The molecule has 74 valence electrons. The molecule has 5 nitrogen and oxygen atoms in total. The van der Waals surface area contributed by atoms with Crippen LogP contribution in [0.5, 0.6) is 0 Å². The molecule has 2 N–H and O–H groups in total. The summed E-state index contributed by atoms with van der Waals surface area (Å²) in [5.41, 5.74) is 0. The minimum atomic E-state index is -3.65. The molecule has 0 spiro atoms. The largest absolute Gasteiger partial charge is 0.480 e. The lowest BCUT2D eigenvalue weighted by Crippen LogP contribution is -2.36. The number of rotatable bonds is 4. The summed E-state index contributed by atoms with van der Waals surface area (Å²) in [5.74, 6) is -2.19. The van der Waals surface area contributed by atoms with Crippen LogP contribution in [0.15, 0.2) is 12.2 Å². The van der Waals surface area contributed by atoms with Gasteiger partial charge in [0.25, 0.3) is 0 Å². The van der Waals surface area contributed by atoms with Crippen molar-refractivity contribution >= 4 is 16.0 Å². The molecule has 1 aliphatic rings. The van der Waals surface area contributed by atoms with E-state index >= 15 is 0 Å². The Morgan fingerprint density at radius 3 is 2.46 bits per heavy atom. The molecule has 0 aromatic carbocycles. The lowest BCUT2D eigenvalue weighted by atomic mass is 10.3. The van der Waals surface area contributed by atoms with Gasteiger partial charge in [-0.25, -0.2) is 13.1 Å². The maximum Gasteiger partial charge on any atom is 0.320 e. The Hall–Kier alpha value is -0.880. The third-order valence-corrected chi connectivity index (χ3v) is 2.99. The van der Waals surface area contributed by atoms with Crippen molar-refractivity contribution in [2.24, 2.45) is 0 Å². The van der Waals surface area contributed by atoms with Crippen LogP contribution in [0.3, 0.4) is 0 Å². The number of nitrogens with one attached hydrogen (secondary N) is 1. The Kier molecular flexibility index (Phi) is 3.05. The molecule has 0 amide bonds. The predicted molar refractivity (Wildman–Crippen MR) is 46.7 cm³/mol. The maximum absolute atomic E-state index is 11.1. The van der Waals surface area contributed by atoms with Crippen LogP contribution in [0, 0.1) is 0 Å². The van der Waals surface area contributed by atoms with Crippen LogP contribution < -0.4 is 4.72 Å². The zero-order chi connectivity index (χ0) is 9.90. The van der Waals surface area contributed by atoms with Gasteiger partial charge in [0, 0.05) is 6.04 Å². The second-order valence-corrected chi connectivity index (χ2v) is 4.66. The van der Waals surface area contributed by atoms with Crippen molar-refractivity contribution in [2.75, 3.05) is 5.75 Å². The fraction of sp³-hybridized carbons (Fsp3) is 0.571. The van der Waals surface area contributed by atoms with E-state index in [1.54, 1.807) is 0 Å². The SMILES string of the molecule is O=C(O)CS(=O)(=O)NC1CC=CC1. The predicted octanol–water partition coefficient (Wildman–Crippen LogP) is -0.291. The molecular weight excluding hydrogens is 194 g/mol. The maximum atomic E-state index is 11.1. The summed E-state index contributed by atoms with van der Waals surface area (Å²) >= 11 is 0. The van der Waals surface area contributed by atoms with Crippen LogP contribution in [-0.4, -0.2) is 31.3 Å². The van der Waals surface area contributed by atoms with Crippen LogP contribution >= 0.6 is 0 Å². The molecule has 0 heterocycles. The standard InChI is InChI=1S/C7H11NO4S/c9-7(10)5-13(11,12)8-6-3-1-2-4-6/h1-2,6,8H,3-5H2,(H,9,10). The molecule has 0 fully saturated rings. The van der Waals surface area contributed by atoms with Gasteiger partial charge in [-0.15, -0.1) is 0 Å². The fourth-order valence-corrected chi connectivity index (χ4v) is 2.28. The van der Waals surface area contributed by atoms with E-state index in [1.165, 1.54) is 0 Å². The number of carbonyl (C=O) groups is 1. The summed E-state index contributed by atoms with van der Waals surface area (Å²) in [6.07, 6.45) is 5.01. The van der Waals surface area contributed by atoms with E-state index in [0.717, 1.165) is 0 Å². The number of sulfonamides is 1. The highest BCUT2D eigenvalue weighted by atomic mass is 32.2. The van der Waals surface area contributed by atoms with Crippen molar-refractivity contribution in [3.8, 4) is 0 Å². The summed E-state index contributed by atoms with van der Waals surface area (Å²) in [5, 5.41) is 8.29. The minimum absolute atomic E-state index is 0.163. The molecule has 0 saturated heterocycles. The van der Waals surface area contributed by atoms with Crippen LogP contribution in [0.2, 0.25) is 0 Å². The van der Waals surface area contributed by atoms with E-state index in [0.29, 0.717) is 12.8 Å². The van der Waals surface area contributed by atoms with Gasteiger partial charge in [0.15, 0.2) is 5.75 Å². The average molecular weight is 205 g/mol. The fourth-order valence-electron chi connectivity index (χ4n) is 1.17. The lowest BCUT2D eigenvalue weighted by Gasteiger charge is -2.10. The number of aliphatic carboxylic acids is 1. The molecular formula is C7H11NO4S. The number of hydrogen-bond donors (Lipinski definition) is 2. The van der Waals surface area contributed by atoms with E-state index in [2.05, 4.69) is 4.72 Å². The second kappa shape index (κ2) is 3.89. The summed E-state index contributed by atoms with van der Waals surface area (Å²) in [7, 11) is -3.65. The van der Waals surface area contributed by atoms with E-state index in [4.69, 9.17) is 5.11 Å². The topological polar surface area (TPSA) is 83.5 Å². The first-order valence-electron chi connectivity index (χ1n) is 3.86. The molecule has 0 aromatic rings. The van der Waals surface area contributed by atoms with Crippen molar-refractivity contribution in [3.63, 3.8) is 0 Å². The monoisotopic (exact) mass is 205 g/mol. The van der Waals surface area contributed by atoms with Crippen LogP contribution in [0.25, 0.3) is 0 Å². The molecule has 0 atom stereocenters. The number of carboxylic acid groups (broad SMARTS) is 1. The van der Waals surface area contributed by atoms with Gasteiger partial charge >= 0.3 is 5.97 Å². The van der Waals surface area contributed by atoms with E-state index in [9.17, 15) is 13.2 Å². The summed E-state index contributed by atoms with van der Waals surface area (Å²) < 4.78 is 24.5. The molecule has 1 rings (SSSR count). The molecule has 0 saturated carbocycles. The van der Waals surface area contributed by atoms with Crippen molar-refractivity contribution in [3.05, 3.63) is 12.2 Å². The lowest BCUT2D eigenvalue weighted by molar-refractivity contribution is -0.134. The van der Waals surface area contributed by atoms with Crippen LogP contribution in [0.4, 0.5) is 0 Å². The van der Waals surface area contributed by atoms with Gasteiger partial charge in [-0.1, -0.05) is 12.2 Å². The van der Waals surface area contributed by atoms with Crippen molar-refractivity contribution in [1.29, 1.82) is 0 Å². The van der Waals surface area contributed by atoms with E-state index in [1.807, 2.05) is 12.2 Å². The van der Waals surface area contributed by atoms with E-state index < -0.39 is 21.7 Å². The van der Waals surface area contributed by atoms with Gasteiger partial charge in [-0.3, -0.25) is 4.79 Å². The Bertz CT molecular complexity index is 311. The van der Waals surface area contributed by atoms with Gasteiger partial charge in [-0.2, -0.15) is 0 Å². The van der Waals surface area contributed by atoms with Gasteiger partial charge in [0.2, 0.25) is 10.0 Å². The first-order chi connectivity index (χ1) is 5.99. The summed E-state index contributed by atoms with van der Waals surface area (Å²) in [4.78, 5) is 10.2. The van der Waals surface area contributed by atoms with Gasteiger partial charge < -0.3 is 5.11 Å². The highest BCUT2D eigenvalue weighted by Crippen LogP contribution is 2.10. The minimum Gasteiger partial charge on any atom is -0.480 e. The van der Waals surface area contributed by atoms with E-state index in [-0.39, 0.29) is 6.04 Å². The van der Waals surface area contributed by atoms with Gasteiger partial charge in [0.05, 0.1) is 0 Å². The zero-order valence-corrected chi connectivity index (χ0v) is 7.75. The molecule has 0 aliphatic heterocycles. The van der Waals surface area contributed by atoms with Crippen LogP contribution in [-0.2, 0) is 14.8 Å². The summed E-state index contributed by atoms with van der Waals surface area (Å²) in [6, 6.07) is -0.163. The third kappa shape index (κ3) is 3.56. The molecule has 0 bridgehead atoms. The zero-order valence-electron chi connectivity index (χ0n) is 6.93. The van der Waals surface area contributed by atoms with Crippen molar-refractivity contribution in [1.82, 2.24) is 4.72 Å². The third-order valence-electron chi connectivity index (χ3n) is 1.67. The normalized spacial score (nSPS) is 17.8. The molecule has 0 unspecified atom stereocenters. The first-order valence-corrected chi connectivity index (χ1v) is 5.51. The second-order valence-electron chi connectivity index (χ2n) is 2.91. The first kappa shape index (κ1) is 10.2. The summed E-state index contributed by atoms with van der Waals surface area (Å²) in [6.45, 7) is 0. The molecule has 13 heavy (non-hydrogen) atoms. The highest BCUT2D eigenvalue weighted by molar-refractivity contribution is 7.90. The number of hydrogen-bond acceptors (Lipinski definition) is 3. The Morgan fingerprint density at radius 1 is 1.46 bits per heavy atom. The molecule has 0 aromatic heterocycles. The highest BCUT2D eigenvalue weighted by Gasteiger charge is 2.20.